The Hall–Kier alpha value is -2.94. The molecule has 9 heteroatoms. The molecule has 0 fully saturated rings. The van der Waals surface area contributed by atoms with Gasteiger partial charge in [-0.05, 0) is 57.4 Å². The van der Waals surface area contributed by atoms with E-state index in [1.54, 1.807) is 30.1 Å². The van der Waals surface area contributed by atoms with Gasteiger partial charge in [0.2, 0.25) is 5.91 Å². The van der Waals surface area contributed by atoms with Gasteiger partial charge in [0.1, 0.15) is 5.75 Å². The molecule has 172 valence electrons. The number of benzene rings is 1. The molecule has 0 radical (unpaired) electrons. The van der Waals surface area contributed by atoms with Crippen LogP contribution in [0.5, 0.6) is 5.75 Å². The summed E-state index contributed by atoms with van der Waals surface area (Å²) in [5, 5.41) is 4.48. The van der Waals surface area contributed by atoms with Crippen LogP contribution in [0.25, 0.3) is 5.65 Å². The fraction of sp³-hybridized carbons (Fsp3) is 0.435. The third-order valence-corrected chi connectivity index (χ3v) is 6.55. The molecule has 3 aromatic rings. The molecule has 0 aliphatic heterocycles. The monoisotopic (exact) mass is 458 g/mol. The van der Waals surface area contributed by atoms with Crippen molar-refractivity contribution in [3.05, 3.63) is 53.0 Å². The average Bonchev–Trinajstić information content (AvgIpc) is 3.10. The van der Waals surface area contributed by atoms with E-state index in [1.807, 2.05) is 31.4 Å². The maximum atomic E-state index is 12.6. The third kappa shape index (κ3) is 5.64. The Morgan fingerprint density at radius 3 is 2.66 bits per heavy atom. The molecule has 0 bridgehead atoms. The number of aromatic nitrogens is 3. The predicted octanol–water partition coefficient (Wildman–Crippen LogP) is 2.92. The highest BCUT2D eigenvalue weighted by Gasteiger charge is 2.15. The number of amides is 1. The molecule has 0 saturated carbocycles. The lowest BCUT2D eigenvalue weighted by atomic mass is 10.1. The van der Waals surface area contributed by atoms with Gasteiger partial charge >= 0.3 is 0 Å². The lowest BCUT2D eigenvalue weighted by Gasteiger charge is -2.18. The van der Waals surface area contributed by atoms with Gasteiger partial charge in [0.05, 0.1) is 17.2 Å². The van der Waals surface area contributed by atoms with Crippen LogP contribution in [0.2, 0.25) is 0 Å². The number of sulfone groups is 1. The molecule has 2 aromatic heterocycles. The molecule has 0 saturated heterocycles. The lowest BCUT2D eigenvalue weighted by molar-refractivity contribution is -0.129. The highest BCUT2D eigenvalue weighted by Crippen LogP contribution is 2.19. The van der Waals surface area contributed by atoms with E-state index in [2.05, 4.69) is 10.1 Å². The van der Waals surface area contributed by atoms with Crippen molar-refractivity contribution < 1.29 is 17.9 Å². The van der Waals surface area contributed by atoms with E-state index in [0.29, 0.717) is 38.2 Å². The number of carbonyl (C=O) groups is 1. The minimum absolute atomic E-state index is 0.0552. The van der Waals surface area contributed by atoms with Gasteiger partial charge in [-0.15, -0.1) is 0 Å². The van der Waals surface area contributed by atoms with Crippen LogP contribution in [0, 0.1) is 20.8 Å². The first-order valence-electron chi connectivity index (χ1n) is 10.6. The van der Waals surface area contributed by atoms with E-state index in [9.17, 15) is 13.2 Å². The highest BCUT2D eigenvalue weighted by molar-refractivity contribution is 7.90. The molecule has 0 unspecified atom stereocenters. The van der Waals surface area contributed by atoms with Gasteiger partial charge in [-0.3, -0.25) is 4.79 Å². The predicted molar refractivity (Wildman–Crippen MR) is 123 cm³/mol. The Bertz CT molecular complexity index is 1230. The van der Waals surface area contributed by atoms with Crippen LogP contribution in [0.3, 0.4) is 0 Å². The summed E-state index contributed by atoms with van der Waals surface area (Å²) in [5.74, 6) is 0.559. The van der Waals surface area contributed by atoms with Gasteiger partial charge in [0.25, 0.3) is 0 Å². The van der Waals surface area contributed by atoms with Crippen molar-refractivity contribution in [1.82, 2.24) is 19.5 Å². The smallest absolute Gasteiger partial charge is 0.222 e. The number of rotatable bonds is 9. The lowest BCUT2D eigenvalue weighted by Crippen LogP contribution is -2.29. The minimum Gasteiger partial charge on any atom is -0.493 e. The summed E-state index contributed by atoms with van der Waals surface area (Å²) >= 11 is 0. The SMILES string of the molecule is Cc1cc2nc(C)c(CCC(=O)N(C)CCCOc3cccc(S(C)(=O)=O)c3)c(C)n2n1. The number of nitrogens with zero attached hydrogens (tertiary/aromatic N) is 4. The van der Waals surface area contributed by atoms with Gasteiger partial charge in [-0.2, -0.15) is 5.10 Å². The zero-order valence-corrected chi connectivity index (χ0v) is 20.1. The number of hydrogen-bond donors (Lipinski definition) is 0. The van der Waals surface area contributed by atoms with E-state index < -0.39 is 9.84 Å². The Balaban J connectivity index is 1.49. The fourth-order valence-electron chi connectivity index (χ4n) is 3.64. The number of hydrogen-bond acceptors (Lipinski definition) is 6. The maximum Gasteiger partial charge on any atom is 0.222 e. The van der Waals surface area contributed by atoms with Crippen molar-refractivity contribution in [3.8, 4) is 5.75 Å². The Morgan fingerprint density at radius 2 is 1.94 bits per heavy atom. The number of fused-ring (bicyclic) bond motifs is 1. The topological polar surface area (TPSA) is 93.9 Å². The summed E-state index contributed by atoms with van der Waals surface area (Å²) in [6, 6.07) is 8.38. The van der Waals surface area contributed by atoms with Gasteiger partial charge in [-0.25, -0.2) is 17.9 Å². The standard InChI is InChI=1S/C23H30N4O4S/c1-16-14-22-24-17(2)21(18(3)27(22)25-16)10-11-23(28)26(4)12-7-13-31-19-8-6-9-20(15-19)32(5,29)30/h6,8-9,14-15H,7,10-13H2,1-5H3. The first-order chi connectivity index (χ1) is 15.1. The summed E-state index contributed by atoms with van der Waals surface area (Å²) in [6.07, 6.45) is 2.81. The third-order valence-electron chi connectivity index (χ3n) is 5.44. The second kappa shape index (κ2) is 9.68. The van der Waals surface area contributed by atoms with Crippen LogP contribution >= 0.6 is 0 Å². The number of aryl methyl sites for hydroxylation is 3. The summed E-state index contributed by atoms with van der Waals surface area (Å²) in [4.78, 5) is 19.1. The molecule has 0 aliphatic rings. The van der Waals surface area contributed by atoms with Crippen molar-refractivity contribution in [1.29, 1.82) is 0 Å². The molecular formula is C23H30N4O4S. The normalized spacial score (nSPS) is 11.7. The summed E-state index contributed by atoms with van der Waals surface area (Å²) < 4.78 is 30.8. The van der Waals surface area contributed by atoms with Crippen molar-refractivity contribution in [2.75, 3.05) is 26.5 Å². The van der Waals surface area contributed by atoms with E-state index in [4.69, 9.17) is 4.74 Å². The van der Waals surface area contributed by atoms with E-state index in [0.717, 1.165) is 28.3 Å². The molecular weight excluding hydrogens is 428 g/mol. The summed E-state index contributed by atoms with van der Waals surface area (Å²) in [7, 11) is -1.49. The largest absolute Gasteiger partial charge is 0.493 e. The first kappa shape index (κ1) is 23.7. The van der Waals surface area contributed by atoms with Crippen molar-refractivity contribution in [3.63, 3.8) is 0 Å². The van der Waals surface area contributed by atoms with E-state index >= 15 is 0 Å². The van der Waals surface area contributed by atoms with Crippen molar-refractivity contribution in [2.45, 2.75) is 44.9 Å². The zero-order chi connectivity index (χ0) is 23.5. The van der Waals surface area contributed by atoms with E-state index in [-0.39, 0.29) is 10.8 Å². The molecule has 1 aromatic carbocycles. The Labute approximate surface area is 189 Å². The second-order valence-electron chi connectivity index (χ2n) is 8.08. The van der Waals surface area contributed by atoms with Crippen LogP contribution in [-0.4, -0.2) is 60.3 Å². The molecule has 0 atom stereocenters. The van der Waals surface area contributed by atoms with Gasteiger partial charge in [0, 0.05) is 43.7 Å². The minimum atomic E-state index is -3.27. The average molecular weight is 459 g/mol. The van der Waals surface area contributed by atoms with Crippen LogP contribution < -0.4 is 4.74 Å². The number of carbonyl (C=O) groups excluding carboxylic acids is 1. The summed E-state index contributed by atoms with van der Waals surface area (Å²) in [5.41, 5.74) is 4.73. The van der Waals surface area contributed by atoms with Gasteiger partial charge in [-0.1, -0.05) is 6.07 Å². The van der Waals surface area contributed by atoms with Crippen LogP contribution in [0.1, 0.15) is 35.5 Å². The quantitative estimate of drug-likeness (QED) is 0.458. The molecule has 0 spiro atoms. The van der Waals surface area contributed by atoms with Crippen molar-refractivity contribution >= 4 is 21.4 Å². The zero-order valence-electron chi connectivity index (χ0n) is 19.3. The highest BCUT2D eigenvalue weighted by atomic mass is 32.2. The first-order valence-corrected chi connectivity index (χ1v) is 12.4. The second-order valence-corrected chi connectivity index (χ2v) is 10.1. The number of ether oxygens (including phenoxy) is 1. The molecule has 3 rings (SSSR count). The molecule has 8 nitrogen and oxygen atoms in total. The molecule has 2 heterocycles. The maximum absolute atomic E-state index is 12.6. The van der Waals surface area contributed by atoms with Crippen molar-refractivity contribution in [2.24, 2.45) is 0 Å². The molecule has 0 N–H and O–H groups in total. The fourth-order valence-corrected chi connectivity index (χ4v) is 4.29. The molecule has 32 heavy (non-hydrogen) atoms. The summed E-state index contributed by atoms with van der Waals surface area (Å²) in [6.45, 7) is 6.86. The van der Waals surface area contributed by atoms with Gasteiger partial charge < -0.3 is 9.64 Å². The Morgan fingerprint density at radius 1 is 1.19 bits per heavy atom. The van der Waals surface area contributed by atoms with Crippen LogP contribution in [-0.2, 0) is 21.1 Å². The van der Waals surface area contributed by atoms with Gasteiger partial charge in [0.15, 0.2) is 15.5 Å². The Kier molecular flexibility index (Phi) is 7.18. The van der Waals surface area contributed by atoms with Crippen LogP contribution in [0.4, 0.5) is 0 Å². The van der Waals surface area contributed by atoms with E-state index in [1.165, 1.54) is 12.3 Å². The molecule has 1 amide bonds. The molecule has 0 aliphatic carbocycles. The van der Waals surface area contributed by atoms with Crippen LogP contribution in [0.15, 0.2) is 35.2 Å².